The Morgan fingerprint density at radius 2 is 1.53 bits per heavy atom. The van der Waals surface area contributed by atoms with Crippen molar-refractivity contribution in [1.29, 1.82) is 0 Å². The van der Waals surface area contributed by atoms with E-state index in [2.05, 4.69) is 58.9 Å². The minimum Gasteiger partial charge on any atom is -0.324 e. The third-order valence-electron chi connectivity index (χ3n) is 4.48. The highest BCUT2D eigenvalue weighted by Gasteiger charge is 2.51. The highest BCUT2D eigenvalue weighted by Crippen LogP contribution is 2.49. The van der Waals surface area contributed by atoms with Crippen molar-refractivity contribution in [3.8, 4) is 0 Å². The molecule has 0 unspecified atom stereocenters. The van der Waals surface area contributed by atoms with Crippen LogP contribution in [0, 0.1) is 0 Å². The number of nitrogens with two attached hydrogens (primary N) is 1. The molecule has 0 spiro atoms. The first-order valence-electron chi connectivity index (χ1n) is 6.57. The van der Waals surface area contributed by atoms with E-state index in [9.17, 15) is 0 Å². The van der Waals surface area contributed by atoms with E-state index in [0.717, 1.165) is 12.8 Å². The quantitative estimate of drug-likeness (QED) is 0.824. The molecule has 1 fully saturated rings. The van der Waals surface area contributed by atoms with Crippen molar-refractivity contribution in [2.24, 2.45) is 5.73 Å². The Hall–Kier alpha value is -0.820. The van der Waals surface area contributed by atoms with Gasteiger partial charge in [0, 0.05) is 11.0 Å². The van der Waals surface area contributed by atoms with Gasteiger partial charge in [-0.2, -0.15) is 0 Å². The van der Waals surface area contributed by atoms with Crippen LogP contribution in [0.1, 0.15) is 58.6 Å². The van der Waals surface area contributed by atoms with Crippen LogP contribution < -0.4 is 5.73 Å². The van der Waals surface area contributed by atoms with Crippen LogP contribution in [0.25, 0.3) is 0 Å². The van der Waals surface area contributed by atoms with Gasteiger partial charge in [-0.05, 0) is 29.4 Å². The monoisotopic (exact) mass is 231 g/mol. The molecule has 0 saturated heterocycles. The zero-order valence-corrected chi connectivity index (χ0v) is 11.8. The minimum absolute atomic E-state index is 0.0174. The fourth-order valence-electron chi connectivity index (χ4n) is 2.42. The molecule has 17 heavy (non-hydrogen) atoms. The molecule has 1 saturated carbocycles. The third kappa shape index (κ3) is 2.13. The first-order chi connectivity index (χ1) is 7.67. The van der Waals surface area contributed by atoms with Crippen molar-refractivity contribution in [3.63, 3.8) is 0 Å². The average Bonchev–Trinajstić information content (AvgIpc) is 2.97. The molecule has 0 atom stereocenters. The molecule has 2 N–H and O–H groups in total. The van der Waals surface area contributed by atoms with Gasteiger partial charge in [-0.1, -0.05) is 58.9 Å². The van der Waals surface area contributed by atoms with Crippen LogP contribution >= 0.6 is 0 Å². The van der Waals surface area contributed by atoms with E-state index >= 15 is 0 Å². The van der Waals surface area contributed by atoms with E-state index in [1.807, 2.05) is 0 Å². The van der Waals surface area contributed by atoms with E-state index in [-0.39, 0.29) is 16.4 Å². The zero-order valence-electron chi connectivity index (χ0n) is 11.8. The van der Waals surface area contributed by atoms with Crippen LogP contribution in [0.2, 0.25) is 0 Å². The topological polar surface area (TPSA) is 26.0 Å². The maximum absolute atomic E-state index is 6.42. The lowest BCUT2D eigenvalue weighted by Crippen LogP contribution is -2.43. The predicted molar refractivity (Wildman–Crippen MR) is 74.3 cm³/mol. The van der Waals surface area contributed by atoms with Crippen LogP contribution in [0.4, 0.5) is 0 Å². The van der Waals surface area contributed by atoms with Gasteiger partial charge in [0.15, 0.2) is 0 Å². The third-order valence-corrected chi connectivity index (χ3v) is 4.48. The highest BCUT2D eigenvalue weighted by molar-refractivity contribution is 5.37. The summed E-state index contributed by atoms with van der Waals surface area (Å²) >= 11 is 0. The van der Waals surface area contributed by atoms with Gasteiger partial charge in [0.25, 0.3) is 0 Å². The van der Waals surface area contributed by atoms with E-state index < -0.39 is 0 Å². The van der Waals surface area contributed by atoms with Crippen LogP contribution in [0.5, 0.6) is 0 Å². The lowest BCUT2D eigenvalue weighted by molar-refractivity contribution is 0.390. The number of hydrogen-bond donors (Lipinski definition) is 1. The molecule has 1 nitrogen and oxygen atoms in total. The summed E-state index contributed by atoms with van der Waals surface area (Å²) in [5.74, 6) is 0. The molecule has 2 rings (SSSR count). The Kier molecular flexibility index (Phi) is 2.66. The van der Waals surface area contributed by atoms with Crippen LogP contribution in [0.3, 0.4) is 0 Å². The maximum Gasteiger partial charge on any atom is 0.0248 e. The van der Waals surface area contributed by atoms with Crippen molar-refractivity contribution in [3.05, 3.63) is 35.4 Å². The van der Waals surface area contributed by atoms with Crippen molar-refractivity contribution in [1.82, 2.24) is 0 Å². The first kappa shape index (κ1) is 12.6. The van der Waals surface area contributed by atoms with Crippen LogP contribution in [0.15, 0.2) is 24.3 Å². The molecule has 0 aromatic heterocycles. The van der Waals surface area contributed by atoms with E-state index in [1.54, 1.807) is 0 Å². The summed E-state index contributed by atoms with van der Waals surface area (Å²) < 4.78 is 0. The molecule has 1 heteroatoms. The summed E-state index contributed by atoms with van der Waals surface area (Å²) in [6.07, 6.45) is 2.31. The van der Waals surface area contributed by atoms with Crippen molar-refractivity contribution in [2.75, 3.05) is 0 Å². The molecule has 1 aromatic carbocycles. The van der Waals surface area contributed by atoms with Gasteiger partial charge in [-0.25, -0.2) is 0 Å². The molecule has 0 heterocycles. The normalized spacial score (nSPS) is 19.2. The van der Waals surface area contributed by atoms with Gasteiger partial charge in [-0.3, -0.25) is 0 Å². The molecule has 0 radical (unpaired) electrons. The summed E-state index contributed by atoms with van der Waals surface area (Å²) in [6, 6.07) is 8.95. The van der Waals surface area contributed by atoms with Crippen molar-refractivity contribution in [2.45, 2.75) is 63.8 Å². The maximum atomic E-state index is 6.42. The first-order valence-corrected chi connectivity index (χ1v) is 6.57. The smallest absolute Gasteiger partial charge is 0.0248 e. The van der Waals surface area contributed by atoms with E-state index in [4.69, 9.17) is 5.73 Å². The lowest BCUT2D eigenvalue weighted by Gasteiger charge is -2.34. The largest absolute Gasteiger partial charge is 0.324 e. The number of benzene rings is 1. The zero-order chi connectivity index (χ0) is 12.9. The average molecular weight is 231 g/mol. The number of hydrogen-bond acceptors (Lipinski definition) is 1. The van der Waals surface area contributed by atoms with Gasteiger partial charge >= 0.3 is 0 Å². The Morgan fingerprint density at radius 1 is 1.00 bits per heavy atom. The number of rotatable bonds is 2. The Morgan fingerprint density at radius 3 is 2.00 bits per heavy atom. The SMILES string of the molecule is CC(C)(C)c1cccc(C(C)(C)C2(N)CC2)c1. The van der Waals surface area contributed by atoms with Gasteiger partial charge in [-0.15, -0.1) is 0 Å². The van der Waals surface area contributed by atoms with Gasteiger partial charge in [0.1, 0.15) is 0 Å². The Bertz CT molecular complexity index is 419. The summed E-state index contributed by atoms with van der Waals surface area (Å²) in [5, 5.41) is 0. The standard InChI is InChI=1S/C16H25N/c1-14(2,3)12-7-6-8-13(11-12)15(4,5)16(17)9-10-16/h6-8,11H,9-10,17H2,1-5H3. The summed E-state index contributed by atoms with van der Waals surface area (Å²) in [6.45, 7) is 11.3. The van der Waals surface area contributed by atoms with Crippen molar-refractivity contribution >= 4 is 0 Å². The lowest BCUT2D eigenvalue weighted by atomic mass is 9.74. The highest BCUT2D eigenvalue weighted by atomic mass is 14.9. The second-order valence-corrected chi connectivity index (χ2v) is 7.11. The molecule has 1 aliphatic carbocycles. The minimum atomic E-state index is 0.0174. The molecule has 1 aliphatic rings. The van der Waals surface area contributed by atoms with Gasteiger partial charge < -0.3 is 5.73 Å². The van der Waals surface area contributed by atoms with Crippen molar-refractivity contribution < 1.29 is 0 Å². The second-order valence-electron chi connectivity index (χ2n) is 7.11. The molecule has 0 bridgehead atoms. The Labute approximate surface area is 105 Å². The molecular formula is C16H25N. The summed E-state index contributed by atoms with van der Waals surface area (Å²) in [7, 11) is 0. The van der Waals surface area contributed by atoms with Crippen LogP contribution in [-0.2, 0) is 10.8 Å². The van der Waals surface area contributed by atoms with Gasteiger partial charge in [0.2, 0.25) is 0 Å². The molecular weight excluding hydrogens is 206 g/mol. The predicted octanol–water partition coefficient (Wildman–Crippen LogP) is 3.75. The van der Waals surface area contributed by atoms with E-state index in [0.29, 0.717) is 0 Å². The molecule has 1 aromatic rings. The van der Waals surface area contributed by atoms with Crippen LogP contribution in [-0.4, -0.2) is 5.54 Å². The second kappa shape index (κ2) is 3.58. The fourth-order valence-corrected chi connectivity index (χ4v) is 2.42. The molecule has 0 aliphatic heterocycles. The molecule has 94 valence electrons. The molecule has 0 amide bonds. The van der Waals surface area contributed by atoms with E-state index in [1.165, 1.54) is 11.1 Å². The summed E-state index contributed by atoms with van der Waals surface area (Å²) in [4.78, 5) is 0. The van der Waals surface area contributed by atoms with Gasteiger partial charge in [0.05, 0.1) is 0 Å². The summed E-state index contributed by atoms with van der Waals surface area (Å²) in [5.41, 5.74) is 9.49. The Balaban J connectivity index is 2.40. The fraction of sp³-hybridized carbons (Fsp3) is 0.625.